The quantitative estimate of drug-likeness (QED) is 0.719. The Bertz CT molecular complexity index is 312. The molecular formula is C9H10ClNO. The molecule has 0 radical (unpaired) electrons. The first-order valence-corrected chi connectivity index (χ1v) is 4.25. The first kappa shape index (κ1) is 7.90. The van der Waals surface area contributed by atoms with E-state index in [-0.39, 0.29) is 0 Å². The molecule has 2 rings (SSSR count). The van der Waals surface area contributed by atoms with Gasteiger partial charge in [0.25, 0.3) is 0 Å². The lowest BCUT2D eigenvalue weighted by atomic mass is 10.1. The molecule has 0 spiro atoms. The van der Waals surface area contributed by atoms with Gasteiger partial charge in [-0.15, -0.1) is 0 Å². The number of nitrogens with one attached hydrogen (secondary N) is 1. The first-order valence-electron chi connectivity index (χ1n) is 3.88. The molecule has 1 aromatic carbocycles. The molecule has 1 aliphatic heterocycles. The highest BCUT2D eigenvalue weighted by Crippen LogP contribution is 2.32. The summed E-state index contributed by atoms with van der Waals surface area (Å²) in [5.41, 5.74) is 2.46. The third-order valence-corrected chi connectivity index (χ3v) is 2.56. The van der Waals surface area contributed by atoms with Gasteiger partial charge >= 0.3 is 0 Å². The topological polar surface area (TPSA) is 21.3 Å². The van der Waals surface area contributed by atoms with Crippen LogP contribution in [-0.2, 0) is 13.1 Å². The normalized spacial score (nSPS) is 14.5. The van der Waals surface area contributed by atoms with Gasteiger partial charge in [0.2, 0.25) is 0 Å². The number of rotatable bonds is 1. The van der Waals surface area contributed by atoms with Crippen molar-refractivity contribution < 1.29 is 4.74 Å². The summed E-state index contributed by atoms with van der Waals surface area (Å²) >= 11 is 6.09. The average Bonchev–Trinajstić information content (AvgIpc) is 2.53. The van der Waals surface area contributed by atoms with Crippen molar-refractivity contribution in [2.45, 2.75) is 13.1 Å². The molecule has 12 heavy (non-hydrogen) atoms. The number of ether oxygens (including phenoxy) is 1. The van der Waals surface area contributed by atoms with Gasteiger partial charge in [-0.3, -0.25) is 0 Å². The van der Waals surface area contributed by atoms with Crippen LogP contribution < -0.4 is 10.1 Å². The van der Waals surface area contributed by atoms with Crippen molar-refractivity contribution in [3.05, 3.63) is 28.3 Å². The lowest BCUT2D eigenvalue weighted by molar-refractivity contribution is 0.414. The van der Waals surface area contributed by atoms with E-state index in [9.17, 15) is 0 Å². The van der Waals surface area contributed by atoms with Crippen molar-refractivity contribution in [1.82, 2.24) is 5.32 Å². The molecule has 0 atom stereocenters. The monoisotopic (exact) mass is 183 g/mol. The molecule has 0 saturated heterocycles. The predicted molar refractivity (Wildman–Crippen MR) is 48.5 cm³/mol. The van der Waals surface area contributed by atoms with Crippen molar-refractivity contribution in [2.24, 2.45) is 0 Å². The lowest BCUT2D eigenvalue weighted by Crippen LogP contribution is -2.00. The SMILES string of the molecule is COc1ccc2c(c1Cl)CNC2. The molecule has 0 unspecified atom stereocenters. The van der Waals surface area contributed by atoms with E-state index in [1.54, 1.807) is 7.11 Å². The fourth-order valence-electron chi connectivity index (χ4n) is 1.48. The molecule has 0 aromatic heterocycles. The van der Waals surface area contributed by atoms with Crippen LogP contribution in [0.25, 0.3) is 0 Å². The second-order valence-corrected chi connectivity index (χ2v) is 3.20. The molecule has 0 fully saturated rings. The van der Waals surface area contributed by atoms with E-state index in [1.165, 1.54) is 11.1 Å². The Morgan fingerprint density at radius 2 is 2.25 bits per heavy atom. The second kappa shape index (κ2) is 2.96. The minimum Gasteiger partial charge on any atom is -0.495 e. The van der Waals surface area contributed by atoms with Crippen LogP contribution in [0.4, 0.5) is 0 Å². The van der Waals surface area contributed by atoms with Crippen LogP contribution >= 0.6 is 11.6 Å². The van der Waals surface area contributed by atoms with Crippen LogP contribution in [0, 0.1) is 0 Å². The molecule has 0 aliphatic carbocycles. The summed E-state index contributed by atoms with van der Waals surface area (Å²) in [5, 5.41) is 3.99. The summed E-state index contributed by atoms with van der Waals surface area (Å²) in [4.78, 5) is 0. The number of hydrogen-bond donors (Lipinski definition) is 1. The van der Waals surface area contributed by atoms with Crippen molar-refractivity contribution in [2.75, 3.05) is 7.11 Å². The van der Waals surface area contributed by atoms with E-state index in [2.05, 4.69) is 11.4 Å². The van der Waals surface area contributed by atoms with Gasteiger partial charge in [-0.05, 0) is 17.2 Å². The summed E-state index contributed by atoms with van der Waals surface area (Å²) in [5.74, 6) is 0.763. The fourth-order valence-corrected chi connectivity index (χ4v) is 1.80. The van der Waals surface area contributed by atoms with E-state index in [4.69, 9.17) is 16.3 Å². The molecule has 0 bridgehead atoms. The molecule has 1 N–H and O–H groups in total. The summed E-state index contributed by atoms with van der Waals surface area (Å²) in [6.45, 7) is 1.77. The number of halogens is 1. The molecule has 3 heteroatoms. The van der Waals surface area contributed by atoms with Gasteiger partial charge in [0.05, 0.1) is 12.1 Å². The molecule has 0 saturated carbocycles. The van der Waals surface area contributed by atoms with E-state index < -0.39 is 0 Å². The highest BCUT2D eigenvalue weighted by molar-refractivity contribution is 6.33. The Labute approximate surface area is 76.5 Å². The number of fused-ring (bicyclic) bond motifs is 1. The molecule has 64 valence electrons. The van der Waals surface area contributed by atoms with E-state index in [0.29, 0.717) is 0 Å². The Morgan fingerprint density at radius 1 is 1.42 bits per heavy atom. The van der Waals surface area contributed by atoms with E-state index >= 15 is 0 Å². The molecule has 1 aromatic rings. The first-order chi connectivity index (χ1) is 5.83. The van der Waals surface area contributed by atoms with Crippen molar-refractivity contribution in [3.63, 3.8) is 0 Å². The summed E-state index contributed by atoms with van der Waals surface area (Å²) in [6, 6.07) is 3.97. The highest BCUT2D eigenvalue weighted by Gasteiger charge is 2.15. The van der Waals surface area contributed by atoms with Crippen LogP contribution in [0.1, 0.15) is 11.1 Å². The third-order valence-electron chi connectivity index (χ3n) is 2.14. The third kappa shape index (κ3) is 1.08. The van der Waals surface area contributed by atoms with Gasteiger partial charge in [0.1, 0.15) is 5.75 Å². The predicted octanol–water partition coefficient (Wildman–Crippen LogP) is 1.95. The van der Waals surface area contributed by atoms with Crippen LogP contribution in [0.3, 0.4) is 0 Å². The zero-order valence-corrected chi connectivity index (χ0v) is 7.61. The summed E-state index contributed by atoms with van der Waals surface area (Å²) < 4.78 is 5.11. The standard InChI is InChI=1S/C9H10ClNO/c1-12-8-3-2-6-4-11-5-7(6)9(8)10/h2-3,11H,4-5H2,1H3. The molecular weight excluding hydrogens is 174 g/mol. The maximum absolute atomic E-state index is 6.09. The summed E-state index contributed by atoms with van der Waals surface area (Å²) in [7, 11) is 1.63. The van der Waals surface area contributed by atoms with Crippen LogP contribution in [0.5, 0.6) is 5.75 Å². The average molecular weight is 184 g/mol. The molecule has 1 heterocycles. The van der Waals surface area contributed by atoms with Gasteiger partial charge in [-0.2, -0.15) is 0 Å². The van der Waals surface area contributed by atoms with Crippen molar-refractivity contribution >= 4 is 11.6 Å². The van der Waals surface area contributed by atoms with E-state index in [1.807, 2.05) is 6.07 Å². The zero-order chi connectivity index (χ0) is 8.55. The van der Waals surface area contributed by atoms with Crippen molar-refractivity contribution in [3.8, 4) is 5.75 Å². The van der Waals surface area contributed by atoms with E-state index in [0.717, 1.165) is 23.9 Å². The Kier molecular flexibility index (Phi) is 1.95. The minimum atomic E-state index is 0.750. The van der Waals surface area contributed by atoms with Gasteiger partial charge in [0, 0.05) is 13.1 Å². The van der Waals surface area contributed by atoms with Crippen LogP contribution in [0.15, 0.2) is 12.1 Å². The smallest absolute Gasteiger partial charge is 0.137 e. The maximum Gasteiger partial charge on any atom is 0.137 e. The largest absolute Gasteiger partial charge is 0.495 e. The zero-order valence-electron chi connectivity index (χ0n) is 6.86. The highest BCUT2D eigenvalue weighted by atomic mass is 35.5. The number of methoxy groups -OCH3 is 1. The second-order valence-electron chi connectivity index (χ2n) is 2.82. The Hall–Kier alpha value is -0.730. The molecule has 0 amide bonds. The molecule has 1 aliphatic rings. The fraction of sp³-hybridized carbons (Fsp3) is 0.333. The van der Waals surface area contributed by atoms with Gasteiger partial charge in [-0.1, -0.05) is 17.7 Å². The van der Waals surface area contributed by atoms with Gasteiger partial charge in [-0.25, -0.2) is 0 Å². The number of benzene rings is 1. The van der Waals surface area contributed by atoms with Gasteiger partial charge in [0.15, 0.2) is 0 Å². The van der Waals surface area contributed by atoms with Gasteiger partial charge < -0.3 is 10.1 Å². The minimum absolute atomic E-state index is 0.750. The maximum atomic E-state index is 6.09. The lowest BCUT2D eigenvalue weighted by Gasteiger charge is -2.06. The Balaban J connectivity index is 2.54. The van der Waals surface area contributed by atoms with Crippen LogP contribution in [-0.4, -0.2) is 7.11 Å². The van der Waals surface area contributed by atoms with Crippen LogP contribution in [0.2, 0.25) is 5.02 Å². The summed E-state index contributed by atoms with van der Waals surface area (Å²) in [6.07, 6.45) is 0. The number of hydrogen-bond acceptors (Lipinski definition) is 2. The Morgan fingerprint density at radius 3 is 3.00 bits per heavy atom. The molecule has 2 nitrogen and oxygen atoms in total. The van der Waals surface area contributed by atoms with Crippen molar-refractivity contribution in [1.29, 1.82) is 0 Å².